The van der Waals surface area contributed by atoms with Crippen LogP contribution >= 0.6 is 8.24 Å². The standard InChI is InChI=1S/C43H42NO3P/c1-26-18-27(2)21-32(20-26)36-24-30-12-7-9-14-34(30)39-40-35-15-10-8-13-31(35)25-37(33-22-28(3)19-29(4)23-33)42(40)46-48(45-41(36)39)47-43(5,6)38-16-11-17-44-38/h7-10,12-15,18-25,38,44H,11,16-17H2,1-6H3. The van der Waals surface area contributed by atoms with Gasteiger partial charge in [0, 0.05) is 27.9 Å². The van der Waals surface area contributed by atoms with E-state index in [1.165, 1.54) is 22.3 Å². The highest BCUT2D eigenvalue weighted by Crippen LogP contribution is 2.48. The number of nitrogens with one attached hydrogen (secondary N) is 1. The molecule has 1 atom stereocenters. The average Bonchev–Trinajstić information content (AvgIpc) is 3.54. The Bertz CT molecular complexity index is 2220. The third kappa shape index (κ3) is 5.52. The van der Waals surface area contributed by atoms with Crippen LogP contribution in [0.15, 0.2) is 105 Å². The van der Waals surface area contributed by atoms with Crippen molar-refractivity contribution in [1.29, 1.82) is 0 Å². The number of rotatable bonds is 5. The van der Waals surface area contributed by atoms with Gasteiger partial charge in [0.15, 0.2) is 11.2 Å². The molecule has 0 aliphatic carbocycles. The van der Waals surface area contributed by atoms with Gasteiger partial charge in [-0.2, -0.15) is 0 Å². The second-order valence-electron chi connectivity index (χ2n) is 14.2. The van der Waals surface area contributed by atoms with Gasteiger partial charge in [0.25, 0.3) is 0 Å². The van der Waals surface area contributed by atoms with Crippen LogP contribution in [0, 0.1) is 27.7 Å². The summed E-state index contributed by atoms with van der Waals surface area (Å²) >= 11 is 0. The van der Waals surface area contributed by atoms with Crippen LogP contribution in [0.4, 0.5) is 0 Å². The Balaban J connectivity index is 1.61. The van der Waals surface area contributed by atoms with Crippen LogP contribution < -0.4 is 9.84 Å². The highest BCUT2D eigenvalue weighted by atomic mass is 31.1. The zero-order chi connectivity index (χ0) is 33.2. The van der Waals surface area contributed by atoms with E-state index in [0.29, 0.717) is 0 Å². The first-order valence-corrected chi connectivity index (χ1v) is 18.1. The van der Waals surface area contributed by atoms with E-state index in [1.54, 1.807) is 0 Å². The molecule has 0 amide bonds. The van der Waals surface area contributed by atoms with Crippen molar-refractivity contribution in [3.05, 3.63) is 119 Å². The fourth-order valence-electron chi connectivity index (χ4n) is 7.77. The van der Waals surface area contributed by atoms with Gasteiger partial charge in [0.2, 0.25) is 0 Å². The van der Waals surface area contributed by atoms with E-state index in [-0.39, 0.29) is 6.04 Å². The van der Waals surface area contributed by atoms with E-state index < -0.39 is 13.8 Å². The Kier molecular flexibility index (Phi) is 7.72. The maximum absolute atomic E-state index is 7.19. The molecule has 8 rings (SSSR count). The van der Waals surface area contributed by atoms with Crippen LogP contribution in [0.2, 0.25) is 0 Å². The number of hydrogen-bond acceptors (Lipinski definition) is 4. The summed E-state index contributed by atoms with van der Waals surface area (Å²) in [7, 11) is -1.87. The molecule has 48 heavy (non-hydrogen) atoms. The predicted molar refractivity (Wildman–Crippen MR) is 203 cm³/mol. The Morgan fingerprint density at radius 1 is 0.646 bits per heavy atom. The highest BCUT2D eigenvalue weighted by molar-refractivity contribution is 7.32. The van der Waals surface area contributed by atoms with Crippen LogP contribution in [0.1, 0.15) is 48.9 Å². The van der Waals surface area contributed by atoms with E-state index in [2.05, 4.69) is 144 Å². The van der Waals surface area contributed by atoms with Crippen molar-refractivity contribution in [2.24, 2.45) is 0 Å². The first-order chi connectivity index (χ1) is 23.1. The Hall–Kier alpha value is -4.34. The van der Waals surface area contributed by atoms with Crippen molar-refractivity contribution in [2.75, 3.05) is 6.54 Å². The third-order valence-electron chi connectivity index (χ3n) is 9.86. The molecule has 1 aliphatic rings. The summed E-state index contributed by atoms with van der Waals surface area (Å²) < 4.78 is 21.4. The molecule has 0 bridgehead atoms. The van der Waals surface area contributed by atoms with Crippen molar-refractivity contribution in [1.82, 2.24) is 5.32 Å². The van der Waals surface area contributed by atoms with E-state index >= 15 is 0 Å². The SMILES string of the molecule is Cc1cc(C)cc(-c2cc3ccccc3c3c2op(OC(C)(C)C2CCCN2)oc2c(-c4cc(C)cc(C)c4)cc4ccccc4c23)c1. The summed E-state index contributed by atoms with van der Waals surface area (Å²) in [5, 5.41) is 10.3. The first kappa shape index (κ1) is 31.0. The summed E-state index contributed by atoms with van der Waals surface area (Å²) in [6.45, 7) is 14.0. The quantitative estimate of drug-likeness (QED) is 0.201. The molecule has 7 aromatic rings. The van der Waals surface area contributed by atoms with Crippen molar-refractivity contribution in [3.63, 3.8) is 0 Å². The smallest absolute Gasteiger partial charge is 0.388 e. The van der Waals surface area contributed by atoms with E-state index in [0.717, 1.165) is 85.1 Å². The van der Waals surface area contributed by atoms with Crippen LogP contribution in [0.25, 0.3) is 65.7 Å². The molecular weight excluding hydrogens is 609 g/mol. The fourth-order valence-corrected chi connectivity index (χ4v) is 9.07. The summed E-state index contributed by atoms with van der Waals surface area (Å²) in [5.41, 5.74) is 10.3. The molecule has 1 fully saturated rings. The predicted octanol–water partition coefficient (Wildman–Crippen LogP) is 12.1. The van der Waals surface area contributed by atoms with E-state index in [9.17, 15) is 0 Å². The molecular formula is C43H42NO3P. The lowest BCUT2D eigenvalue weighted by Crippen LogP contribution is -2.46. The number of hydrogen-bond donors (Lipinski definition) is 1. The lowest BCUT2D eigenvalue weighted by molar-refractivity contribution is 0.116. The van der Waals surface area contributed by atoms with Crippen molar-refractivity contribution in [2.45, 2.75) is 66.0 Å². The van der Waals surface area contributed by atoms with Crippen molar-refractivity contribution >= 4 is 51.7 Å². The van der Waals surface area contributed by atoms with Gasteiger partial charge in [-0.05, 0) is 106 Å². The molecule has 1 unspecified atom stereocenters. The molecule has 0 spiro atoms. The zero-order valence-corrected chi connectivity index (χ0v) is 29.5. The minimum atomic E-state index is -1.87. The number of fused-ring (bicyclic) bond motifs is 7. The van der Waals surface area contributed by atoms with Gasteiger partial charge in [0.05, 0.1) is 5.60 Å². The molecule has 1 N–H and O–H groups in total. The Morgan fingerprint density at radius 3 is 1.54 bits per heavy atom. The van der Waals surface area contributed by atoms with Crippen molar-refractivity contribution < 1.29 is 12.9 Å². The molecule has 4 nitrogen and oxygen atoms in total. The van der Waals surface area contributed by atoms with E-state index in [4.69, 9.17) is 12.9 Å². The molecule has 6 aromatic carbocycles. The monoisotopic (exact) mass is 651 g/mol. The first-order valence-electron chi connectivity index (χ1n) is 17.0. The maximum Gasteiger partial charge on any atom is 0.388 e. The summed E-state index contributed by atoms with van der Waals surface area (Å²) in [6, 6.07) is 35.5. The van der Waals surface area contributed by atoms with Crippen LogP contribution in [-0.4, -0.2) is 18.2 Å². The van der Waals surface area contributed by atoms with Gasteiger partial charge in [-0.25, -0.2) is 0 Å². The van der Waals surface area contributed by atoms with Crippen LogP contribution in [-0.2, 0) is 0 Å². The van der Waals surface area contributed by atoms with Gasteiger partial charge < -0.3 is 13.7 Å². The third-order valence-corrected chi connectivity index (χ3v) is 11.1. The van der Waals surface area contributed by atoms with Gasteiger partial charge in [-0.15, -0.1) is 0 Å². The normalized spacial score (nSPS) is 15.2. The Labute approximate surface area is 283 Å². The molecule has 242 valence electrons. The maximum atomic E-state index is 7.19. The summed E-state index contributed by atoms with van der Waals surface area (Å²) in [6.07, 6.45) is 2.19. The number of aryl methyl sites for hydroxylation is 4. The summed E-state index contributed by atoms with van der Waals surface area (Å²) in [4.78, 5) is 0. The molecule has 1 aromatic heterocycles. The molecule has 5 heteroatoms. The lowest BCUT2D eigenvalue weighted by atomic mass is 9.90. The minimum absolute atomic E-state index is 0.209. The molecule has 1 aliphatic heterocycles. The van der Waals surface area contributed by atoms with Crippen LogP contribution in [0.5, 0.6) is 0 Å². The van der Waals surface area contributed by atoms with Gasteiger partial charge >= 0.3 is 8.24 Å². The largest absolute Gasteiger partial charge is 0.398 e. The fraction of sp³-hybridized carbons (Fsp3) is 0.256. The topological polar surface area (TPSA) is 47.5 Å². The molecule has 0 saturated carbocycles. The highest BCUT2D eigenvalue weighted by Gasteiger charge is 2.35. The summed E-state index contributed by atoms with van der Waals surface area (Å²) in [5.74, 6) is 0. The lowest BCUT2D eigenvalue weighted by Gasteiger charge is -2.29. The average molecular weight is 652 g/mol. The van der Waals surface area contributed by atoms with Crippen molar-refractivity contribution in [3.8, 4) is 22.3 Å². The molecule has 2 heterocycles. The second kappa shape index (κ2) is 12.0. The van der Waals surface area contributed by atoms with Crippen LogP contribution in [0.3, 0.4) is 0 Å². The minimum Gasteiger partial charge on any atom is -0.398 e. The molecule has 1 saturated heterocycles. The van der Waals surface area contributed by atoms with Gasteiger partial charge in [-0.1, -0.05) is 107 Å². The van der Waals surface area contributed by atoms with E-state index in [1.807, 2.05) is 0 Å². The second-order valence-corrected chi connectivity index (χ2v) is 15.2. The molecule has 0 radical (unpaired) electrons. The number of benzene rings is 6. The van der Waals surface area contributed by atoms with Gasteiger partial charge in [-0.3, -0.25) is 4.52 Å². The van der Waals surface area contributed by atoms with Gasteiger partial charge in [0.1, 0.15) is 0 Å². The zero-order valence-electron chi connectivity index (χ0n) is 28.6. The Morgan fingerprint density at radius 2 is 1.10 bits per heavy atom.